The normalized spacial score (nSPS) is 14.4. The van der Waals surface area contributed by atoms with Crippen LogP contribution in [0.25, 0.3) is 22.0 Å². The highest BCUT2D eigenvalue weighted by Gasteiger charge is 2.15. The Bertz CT molecular complexity index is 789. The monoisotopic (exact) mass is 326 g/mol. The van der Waals surface area contributed by atoms with E-state index in [0.29, 0.717) is 0 Å². The van der Waals surface area contributed by atoms with E-state index >= 15 is 0 Å². The second-order valence-electron chi connectivity index (χ2n) is 5.25. The Kier molecular flexibility index (Phi) is 2.90. The van der Waals surface area contributed by atoms with E-state index in [2.05, 4.69) is 62.6 Å². The second-order valence-corrected chi connectivity index (χ2v) is 6.10. The van der Waals surface area contributed by atoms with Crippen LogP contribution in [0.15, 0.2) is 46.9 Å². The number of fused-ring (bicyclic) bond motifs is 3. The van der Waals surface area contributed by atoms with Crippen LogP contribution in [0.1, 0.15) is 11.3 Å². The van der Waals surface area contributed by atoms with Gasteiger partial charge in [-0.3, -0.25) is 0 Å². The number of hydrogen-bond acceptors (Lipinski definition) is 1. The number of aromatic nitrogens is 1. The van der Waals surface area contributed by atoms with Gasteiger partial charge >= 0.3 is 0 Å². The van der Waals surface area contributed by atoms with Crippen LogP contribution in [0.4, 0.5) is 0 Å². The molecule has 0 aliphatic carbocycles. The predicted octanol–water partition coefficient (Wildman–Crippen LogP) is 4.24. The third-order valence-corrected chi connectivity index (χ3v) is 4.72. The molecule has 0 fully saturated rings. The quantitative estimate of drug-likeness (QED) is 0.687. The van der Waals surface area contributed by atoms with Crippen molar-refractivity contribution in [3.63, 3.8) is 0 Å². The van der Waals surface area contributed by atoms with E-state index in [1.165, 1.54) is 33.3 Å². The Hall–Kier alpha value is -1.58. The van der Waals surface area contributed by atoms with Crippen molar-refractivity contribution in [2.24, 2.45) is 0 Å². The number of aromatic amines is 1. The van der Waals surface area contributed by atoms with Gasteiger partial charge in [0, 0.05) is 40.6 Å². The van der Waals surface area contributed by atoms with Crippen LogP contribution in [-0.4, -0.2) is 11.5 Å². The van der Waals surface area contributed by atoms with Crippen LogP contribution in [-0.2, 0) is 13.0 Å². The molecule has 2 nitrogen and oxygen atoms in total. The molecule has 4 rings (SSSR count). The number of H-pyrrole nitrogens is 1. The summed E-state index contributed by atoms with van der Waals surface area (Å²) in [6.45, 7) is 2.03. The SMILES string of the molecule is Brc1ccccc1-c1ccc2[nH]c3c(c2c1)CNCC3. The lowest BCUT2D eigenvalue weighted by Crippen LogP contribution is -2.22. The maximum atomic E-state index is 3.64. The Labute approximate surface area is 126 Å². The fourth-order valence-electron chi connectivity index (χ4n) is 3.01. The first kappa shape index (κ1) is 12.2. The van der Waals surface area contributed by atoms with Crippen LogP contribution in [0, 0.1) is 0 Å². The molecule has 2 aromatic carbocycles. The average molecular weight is 327 g/mol. The molecule has 2 heterocycles. The van der Waals surface area contributed by atoms with Gasteiger partial charge in [0.1, 0.15) is 0 Å². The van der Waals surface area contributed by atoms with E-state index in [-0.39, 0.29) is 0 Å². The van der Waals surface area contributed by atoms with Crippen LogP contribution >= 0.6 is 15.9 Å². The molecule has 0 spiro atoms. The number of rotatable bonds is 1. The Morgan fingerprint density at radius 3 is 2.85 bits per heavy atom. The van der Waals surface area contributed by atoms with Gasteiger partial charge in [-0.1, -0.05) is 40.2 Å². The Balaban J connectivity index is 1.92. The molecule has 0 atom stereocenters. The largest absolute Gasteiger partial charge is 0.358 e. The van der Waals surface area contributed by atoms with Crippen molar-refractivity contribution < 1.29 is 0 Å². The summed E-state index contributed by atoms with van der Waals surface area (Å²) >= 11 is 3.64. The minimum Gasteiger partial charge on any atom is -0.358 e. The van der Waals surface area contributed by atoms with Gasteiger partial charge in [-0.05, 0) is 34.9 Å². The topological polar surface area (TPSA) is 27.8 Å². The summed E-state index contributed by atoms with van der Waals surface area (Å²) in [4.78, 5) is 3.56. The van der Waals surface area contributed by atoms with E-state index in [1.807, 2.05) is 6.07 Å². The third-order valence-electron chi connectivity index (χ3n) is 4.03. The number of hydrogen-bond donors (Lipinski definition) is 2. The highest BCUT2D eigenvalue weighted by molar-refractivity contribution is 9.10. The summed E-state index contributed by atoms with van der Waals surface area (Å²) in [5, 5.41) is 4.81. The van der Waals surface area contributed by atoms with Crippen LogP contribution in [0.3, 0.4) is 0 Å². The maximum absolute atomic E-state index is 3.64. The standard InChI is InChI=1S/C17H15BrN2/c18-15-4-2-1-3-12(15)11-5-6-16-13(9-11)14-10-19-8-7-17(14)20-16/h1-6,9,19-20H,7-8,10H2. The molecule has 0 bridgehead atoms. The van der Waals surface area contributed by atoms with E-state index in [4.69, 9.17) is 0 Å². The molecule has 1 aliphatic heterocycles. The van der Waals surface area contributed by atoms with E-state index in [1.54, 1.807) is 0 Å². The molecule has 0 amide bonds. The van der Waals surface area contributed by atoms with Crippen molar-refractivity contribution in [3.8, 4) is 11.1 Å². The first-order valence-corrected chi connectivity index (χ1v) is 7.71. The van der Waals surface area contributed by atoms with E-state index in [9.17, 15) is 0 Å². The molecule has 0 saturated carbocycles. The Morgan fingerprint density at radius 1 is 1.05 bits per heavy atom. The molecule has 2 N–H and O–H groups in total. The zero-order chi connectivity index (χ0) is 13.5. The lowest BCUT2D eigenvalue weighted by atomic mass is 10.0. The zero-order valence-corrected chi connectivity index (χ0v) is 12.6. The molecular formula is C17H15BrN2. The molecule has 3 heteroatoms. The molecular weight excluding hydrogens is 312 g/mol. The minimum atomic E-state index is 0.967. The summed E-state index contributed by atoms with van der Waals surface area (Å²) in [5.41, 5.74) is 6.57. The smallest absolute Gasteiger partial charge is 0.0459 e. The van der Waals surface area contributed by atoms with Gasteiger partial charge in [0.25, 0.3) is 0 Å². The summed E-state index contributed by atoms with van der Waals surface area (Å²) in [6, 6.07) is 15.1. The van der Waals surface area contributed by atoms with Crippen molar-refractivity contribution in [1.82, 2.24) is 10.3 Å². The van der Waals surface area contributed by atoms with Gasteiger partial charge in [0.05, 0.1) is 0 Å². The van der Waals surface area contributed by atoms with Gasteiger partial charge in [-0.25, -0.2) is 0 Å². The van der Waals surface area contributed by atoms with Gasteiger partial charge in [-0.2, -0.15) is 0 Å². The van der Waals surface area contributed by atoms with E-state index < -0.39 is 0 Å². The van der Waals surface area contributed by atoms with E-state index in [0.717, 1.165) is 24.0 Å². The maximum Gasteiger partial charge on any atom is 0.0459 e. The molecule has 0 unspecified atom stereocenters. The molecule has 0 saturated heterocycles. The van der Waals surface area contributed by atoms with Gasteiger partial charge in [0.15, 0.2) is 0 Å². The van der Waals surface area contributed by atoms with Gasteiger partial charge in [0.2, 0.25) is 0 Å². The Morgan fingerprint density at radius 2 is 1.95 bits per heavy atom. The van der Waals surface area contributed by atoms with Gasteiger partial charge in [-0.15, -0.1) is 0 Å². The predicted molar refractivity (Wildman–Crippen MR) is 86.8 cm³/mol. The first-order valence-electron chi connectivity index (χ1n) is 6.92. The molecule has 1 aromatic heterocycles. The summed E-state index contributed by atoms with van der Waals surface area (Å²) < 4.78 is 1.14. The van der Waals surface area contributed by atoms with Gasteiger partial charge < -0.3 is 10.3 Å². The highest BCUT2D eigenvalue weighted by Crippen LogP contribution is 2.32. The fourth-order valence-corrected chi connectivity index (χ4v) is 3.52. The fraction of sp³-hybridized carbons (Fsp3) is 0.176. The highest BCUT2D eigenvalue weighted by atomic mass is 79.9. The van der Waals surface area contributed by atoms with Crippen molar-refractivity contribution in [3.05, 3.63) is 58.2 Å². The van der Waals surface area contributed by atoms with Crippen molar-refractivity contribution in [2.45, 2.75) is 13.0 Å². The van der Waals surface area contributed by atoms with Crippen molar-refractivity contribution in [2.75, 3.05) is 6.54 Å². The third kappa shape index (κ3) is 1.89. The number of halogens is 1. The minimum absolute atomic E-state index is 0.967. The van der Waals surface area contributed by atoms with Crippen LogP contribution in [0.2, 0.25) is 0 Å². The number of nitrogens with one attached hydrogen (secondary N) is 2. The van der Waals surface area contributed by atoms with Crippen LogP contribution in [0.5, 0.6) is 0 Å². The van der Waals surface area contributed by atoms with Crippen LogP contribution < -0.4 is 5.32 Å². The first-order chi connectivity index (χ1) is 9.83. The molecule has 100 valence electrons. The summed E-state index contributed by atoms with van der Waals surface area (Å²) in [6.07, 6.45) is 1.09. The summed E-state index contributed by atoms with van der Waals surface area (Å²) in [5.74, 6) is 0. The van der Waals surface area contributed by atoms with Crippen molar-refractivity contribution in [1.29, 1.82) is 0 Å². The molecule has 20 heavy (non-hydrogen) atoms. The average Bonchev–Trinajstić information content (AvgIpc) is 2.85. The molecule has 3 aromatic rings. The second kappa shape index (κ2) is 4.76. The lowest BCUT2D eigenvalue weighted by Gasteiger charge is -2.12. The number of benzene rings is 2. The molecule has 1 aliphatic rings. The lowest BCUT2D eigenvalue weighted by molar-refractivity contribution is 0.641. The molecule has 0 radical (unpaired) electrons. The van der Waals surface area contributed by atoms with Crippen molar-refractivity contribution >= 4 is 26.8 Å². The summed E-state index contributed by atoms with van der Waals surface area (Å²) in [7, 11) is 0. The zero-order valence-electron chi connectivity index (χ0n) is 11.0.